The smallest absolute Gasteiger partial charge is 0.319 e. The van der Waals surface area contributed by atoms with E-state index in [1.54, 1.807) is 4.90 Å². The average molecular weight is 729 g/mol. The average Bonchev–Trinajstić information content (AvgIpc) is 3.68. The van der Waals surface area contributed by atoms with Crippen molar-refractivity contribution in [3.63, 3.8) is 0 Å². The number of piperidine rings is 1. The van der Waals surface area contributed by atoms with Crippen molar-refractivity contribution in [2.75, 3.05) is 38.2 Å². The highest BCUT2D eigenvalue weighted by atomic mass is 19.3. The summed E-state index contributed by atoms with van der Waals surface area (Å²) < 4.78 is 65.9. The number of fused-ring (bicyclic) bond motifs is 5. The molecule has 4 unspecified atom stereocenters. The minimum Gasteiger partial charge on any atom is -0.508 e. The first-order chi connectivity index (χ1) is 25.4. The van der Waals surface area contributed by atoms with Gasteiger partial charge in [0.2, 0.25) is 11.8 Å². The molecule has 9 rings (SSSR count). The van der Waals surface area contributed by atoms with E-state index in [9.17, 15) is 23.1 Å². The normalized spacial score (nSPS) is 26.8. The summed E-state index contributed by atoms with van der Waals surface area (Å²) in [6, 6.07) is 5.35. The van der Waals surface area contributed by atoms with Gasteiger partial charge in [0, 0.05) is 72.5 Å². The number of hydrogen-bond acceptors (Lipinski definition) is 8. The zero-order valence-electron chi connectivity index (χ0n) is 29.4. The van der Waals surface area contributed by atoms with Crippen LogP contribution in [0.3, 0.4) is 0 Å². The Morgan fingerprint density at radius 2 is 1.83 bits per heavy atom. The van der Waals surface area contributed by atoms with E-state index >= 15 is 4.39 Å². The van der Waals surface area contributed by atoms with Crippen LogP contribution in [0.4, 0.5) is 23.4 Å². The Bertz CT molecular complexity index is 2190. The fraction of sp³-hybridized carbons (Fsp3) is 0.500. The van der Waals surface area contributed by atoms with Crippen molar-refractivity contribution in [2.24, 2.45) is 11.3 Å². The van der Waals surface area contributed by atoms with Crippen LogP contribution >= 0.6 is 0 Å². The quantitative estimate of drug-likeness (QED) is 0.174. The molecule has 5 fully saturated rings. The number of piperazine rings is 1. The van der Waals surface area contributed by atoms with Gasteiger partial charge in [-0.1, -0.05) is 18.4 Å². The second kappa shape index (κ2) is 12.4. The zero-order chi connectivity index (χ0) is 36.8. The molecule has 2 bridgehead atoms. The number of carbonyl (C=O) groups excluding carboxylic acids is 1. The van der Waals surface area contributed by atoms with Gasteiger partial charge in [0.15, 0.2) is 5.82 Å². The molecule has 5 aliphatic rings. The van der Waals surface area contributed by atoms with E-state index in [0.29, 0.717) is 42.3 Å². The maximum absolute atomic E-state index is 17.1. The molecule has 2 saturated carbocycles. The fourth-order valence-corrected chi connectivity index (χ4v) is 10.1. The molecule has 4 atom stereocenters. The third-order valence-electron chi connectivity index (χ3n) is 12.6. The van der Waals surface area contributed by atoms with E-state index < -0.39 is 36.3 Å². The number of rotatable bonds is 6. The molecule has 5 heterocycles. The van der Waals surface area contributed by atoms with Crippen LogP contribution in [0.5, 0.6) is 11.8 Å². The summed E-state index contributed by atoms with van der Waals surface area (Å²) in [5.41, 5.74) is -0.282. The number of aromatic nitrogens is 3. The molecular formula is C40H40F4N6O3. The monoisotopic (exact) mass is 728 g/mol. The molecule has 9 nitrogen and oxygen atoms in total. The topological polar surface area (TPSA) is 94.9 Å². The first-order valence-electron chi connectivity index (χ1n) is 18.5. The molecule has 0 spiro atoms. The minimum absolute atomic E-state index is 0.00970. The van der Waals surface area contributed by atoms with Gasteiger partial charge in [-0.2, -0.15) is 9.97 Å². The number of phenols is 1. The third kappa shape index (κ3) is 5.55. The van der Waals surface area contributed by atoms with Crippen molar-refractivity contribution in [3.05, 3.63) is 47.7 Å². The predicted octanol–water partition coefficient (Wildman–Crippen LogP) is 6.68. The summed E-state index contributed by atoms with van der Waals surface area (Å²) in [6.45, 7) is 2.14. The van der Waals surface area contributed by atoms with Crippen LogP contribution < -0.4 is 9.64 Å². The van der Waals surface area contributed by atoms with E-state index in [-0.39, 0.29) is 62.9 Å². The Hall–Kier alpha value is -4.70. The maximum Gasteiger partial charge on any atom is 0.319 e. The van der Waals surface area contributed by atoms with Gasteiger partial charge in [-0.3, -0.25) is 9.78 Å². The van der Waals surface area contributed by atoms with E-state index in [4.69, 9.17) is 16.1 Å². The Kier molecular flexibility index (Phi) is 8.00. The second-order valence-corrected chi connectivity index (χ2v) is 15.8. The number of terminal acetylenes is 1. The molecule has 53 heavy (non-hydrogen) atoms. The van der Waals surface area contributed by atoms with E-state index in [0.717, 1.165) is 51.5 Å². The molecular weight excluding hydrogens is 688 g/mol. The first-order valence-corrected chi connectivity index (χ1v) is 18.5. The van der Waals surface area contributed by atoms with E-state index in [1.807, 2.05) is 4.90 Å². The van der Waals surface area contributed by atoms with Gasteiger partial charge in [0.05, 0.1) is 17.6 Å². The number of hydrogen-bond donors (Lipinski definition) is 1. The molecule has 3 aliphatic heterocycles. The lowest BCUT2D eigenvalue weighted by atomic mass is 9.76. The van der Waals surface area contributed by atoms with Crippen molar-refractivity contribution >= 4 is 33.4 Å². The summed E-state index contributed by atoms with van der Waals surface area (Å²) in [7, 11) is 2.15. The van der Waals surface area contributed by atoms with Crippen LogP contribution in [-0.4, -0.2) is 93.1 Å². The van der Waals surface area contributed by atoms with Crippen LogP contribution in [0.25, 0.3) is 32.9 Å². The third-order valence-corrected chi connectivity index (χ3v) is 12.6. The number of carbonyl (C=O) groups is 1. The number of pyridine rings is 1. The Morgan fingerprint density at radius 3 is 2.57 bits per heavy atom. The zero-order valence-corrected chi connectivity index (χ0v) is 29.4. The standard InChI is InChI=1S/C40H40F4N6O3/c1-3-27-30(41)10-7-22-14-26(51)15-28(32(22)27)34-33(42)35-29(18-45-34)36(47-38(46-35)53-21-39-11-4-6-31(39)48(2)13-5-12-39)49-19-24-8-9-25(20-49)50(24)37(52)23-16-40(43,44)17-23/h1,7,10,14-15,18,23-25,31,51H,4-6,8-9,11-13,16-17,19-21H2,2H3. The molecule has 13 heteroatoms. The number of anilines is 1. The molecule has 2 aliphatic carbocycles. The lowest BCUT2D eigenvalue weighted by Crippen LogP contribution is -2.59. The number of phenolic OH excluding ortho intramolecular Hbond substituents is 1. The molecule has 3 saturated heterocycles. The summed E-state index contributed by atoms with van der Waals surface area (Å²) in [6.07, 6.45) is 13.0. The highest BCUT2D eigenvalue weighted by Crippen LogP contribution is 2.48. The summed E-state index contributed by atoms with van der Waals surface area (Å²) in [5, 5.41) is 11.6. The van der Waals surface area contributed by atoms with Gasteiger partial charge in [-0.15, -0.1) is 6.42 Å². The molecule has 276 valence electrons. The van der Waals surface area contributed by atoms with E-state index in [1.165, 1.54) is 30.5 Å². The minimum atomic E-state index is -2.79. The highest BCUT2D eigenvalue weighted by molar-refractivity contribution is 6.03. The van der Waals surface area contributed by atoms with Crippen LogP contribution in [0.1, 0.15) is 63.4 Å². The number of halogens is 4. The van der Waals surface area contributed by atoms with Crippen molar-refractivity contribution in [1.29, 1.82) is 0 Å². The van der Waals surface area contributed by atoms with E-state index in [2.05, 4.69) is 27.8 Å². The van der Waals surface area contributed by atoms with Gasteiger partial charge in [-0.05, 0) is 75.7 Å². The summed E-state index contributed by atoms with van der Waals surface area (Å²) in [5.74, 6) is -2.56. The lowest BCUT2D eigenvalue weighted by Gasteiger charge is -2.45. The number of nitrogens with zero attached hydrogens (tertiary/aromatic N) is 6. The number of likely N-dealkylation sites (tertiary alicyclic amines) is 1. The van der Waals surface area contributed by atoms with Gasteiger partial charge in [-0.25, -0.2) is 17.6 Å². The first kappa shape index (κ1) is 34.1. The molecule has 4 aromatic rings. The van der Waals surface area contributed by atoms with Gasteiger partial charge < -0.3 is 24.5 Å². The molecule has 1 N–H and O–H groups in total. The number of amides is 1. The largest absolute Gasteiger partial charge is 0.508 e. The number of ether oxygens (including phenoxy) is 1. The Morgan fingerprint density at radius 1 is 1.08 bits per heavy atom. The van der Waals surface area contributed by atoms with Gasteiger partial charge in [0.1, 0.15) is 28.6 Å². The molecule has 0 radical (unpaired) electrons. The summed E-state index contributed by atoms with van der Waals surface area (Å²) in [4.78, 5) is 33.6. The predicted molar refractivity (Wildman–Crippen MR) is 191 cm³/mol. The maximum atomic E-state index is 17.1. The SMILES string of the molecule is C#Cc1c(F)ccc2cc(O)cc(-c3ncc4c(N5CC6CCC(C5)N6C(=O)C5CC(F)(F)C5)nc(OCC56CCCC5N(C)CCC6)nc4c3F)c12. The molecule has 2 aromatic heterocycles. The Balaban J connectivity index is 1.13. The fourth-order valence-electron chi connectivity index (χ4n) is 10.1. The molecule has 2 aromatic carbocycles. The Labute approximate surface area is 304 Å². The van der Waals surface area contributed by atoms with Crippen molar-refractivity contribution in [2.45, 2.75) is 81.8 Å². The lowest BCUT2D eigenvalue weighted by molar-refractivity contribution is -0.162. The van der Waals surface area contributed by atoms with Crippen LogP contribution in [-0.2, 0) is 4.79 Å². The second-order valence-electron chi connectivity index (χ2n) is 15.8. The van der Waals surface area contributed by atoms with Crippen molar-refractivity contribution in [3.8, 4) is 35.4 Å². The van der Waals surface area contributed by atoms with Crippen LogP contribution in [0.2, 0.25) is 0 Å². The number of aromatic hydroxyl groups is 1. The number of benzene rings is 2. The highest BCUT2D eigenvalue weighted by Gasteiger charge is 2.53. The van der Waals surface area contributed by atoms with Crippen molar-refractivity contribution in [1.82, 2.24) is 24.8 Å². The molecule has 1 amide bonds. The van der Waals surface area contributed by atoms with Crippen LogP contribution in [0.15, 0.2) is 30.5 Å². The van der Waals surface area contributed by atoms with Gasteiger partial charge in [0.25, 0.3) is 0 Å². The van der Waals surface area contributed by atoms with Crippen molar-refractivity contribution < 1.29 is 32.2 Å². The number of alkyl halides is 2. The van der Waals surface area contributed by atoms with Gasteiger partial charge >= 0.3 is 6.01 Å². The summed E-state index contributed by atoms with van der Waals surface area (Å²) >= 11 is 0. The van der Waals surface area contributed by atoms with Crippen LogP contribution in [0, 0.1) is 35.3 Å².